The molecule has 5 heteroatoms. The lowest BCUT2D eigenvalue weighted by Crippen LogP contribution is -2.44. The van der Waals surface area contributed by atoms with Gasteiger partial charge in [-0.05, 0) is 6.42 Å². The van der Waals surface area contributed by atoms with Crippen LogP contribution < -0.4 is 10.9 Å². The molecule has 14 heavy (non-hydrogen) atoms. The standard InChI is InChI=1S/C5H15N3.C4H6O2/c1-4-5-8(6-2)7-3;1-3-4(5)6-2/h6-7H,4-5H2,1-3H3;3H,1H2,2H3. The molecule has 0 atom stereocenters. The number of hydrazine groups is 2. The first-order valence-electron chi connectivity index (χ1n) is 4.48. The first kappa shape index (κ1) is 15.6. The van der Waals surface area contributed by atoms with E-state index in [1.54, 1.807) is 0 Å². The van der Waals surface area contributed by atoms with E-state index in [2.05, 4.69) is 29.1 Å². The SMILES string of the molecule is C=CC(=O)OC.CCCN(NC)NC. The zero-order valence-electron chi connectivity index (χ0n) is 9.46. The minimum Gasteiger partial charge on any atom is -0.466 e. The van der Waals surface area contributed by atoms with Gasteiger partial charge in [-0.1, -0.05) is 13.5 Å². The molecule has 0 bridgehead atoms. The number of hydrogen-bond donors (Lipinski definition) is 2. The van der Waals surface area contributed by atoms with E-state index in [-0.39, 0.29) is 0 Å². The van der Waals surface area contributed by atoms with Gasteiger partial charge in [0.1, 0.15) is 0 Å². The molecule has 0 spiro atoms. The average molecular weight is 203 g/mol. The van der Waals surface area contributed by atoms with Gasteiger partial charge in [-0.2, -0.15) is 5.12 Å². The van der Waals surface area contributed by atoms with Crippen LogP contribution >= 0.6 is 0 Å². The highest BCUT2D eigenvalue weighted by Crippen LogP contribution is 1.76. The molecule has 0 saturated heterocycles. The van der Waals surface area contributed by atoms with Gasteiger partial charge in [0.25, 0.3) is 0 Å². The number of nitrogens with zero attached hydrogens (tertiary/aromatic N) is 1. The number of nitrogens with one attached hydrogen (secondary N) is 2. The number of ether oxygens (including phenoxy) is 1. The Morgan fingerprint density at radius 3 is 2.07 bits per heavy atom. The molecule has 0 amide bonds. The van der Waals surface area contributed by atoms with E-state index >= 15 is 0 Å². The number of carbonyl (C=O) groups excluding carboxylic acids is 1. The molecule has 0 radical (unpaired) electrons. The van der Waals surface area contributed by atoms with E-state index < -0.39 is 5.97 Å². The summed E-state index contributed by atoms with van der Waals surface area (Å²) in [5, 5.41) is 1.93. The summed E-state index contributed by atoms with van der Waals surface area (Å²) in [7, 11) is 5.10. The molecule has 0 aromatic heterocycles. The Hall–Kier alpha value is -0.910. The van der Waals surface area contributed by atoms with Gasteiger partial charge in [-0.3, -0.25) is 0 Å². The molecule has 0 heterocycles. The van der Waals surface area contributed by atoms with Crippen molar-refractivity contribution in [3.8, 4) is 0 Å². The molecule has 0 fully saturated rings. The Labute approximate surface area is 86.0 Å². The summed E-state index contributed by atoms with van der Waals surface area (Å²) in [5.74, 6) is -0.394. The van der Waals surface area contributed by atoms with E-state index in [9.17, 15) is 4.79 Å². The van der Waals surface area contributed by atoms with Crippen molar-refractivity contribution < 1.29 is 9.53 Å². The van der Waals surface area contributed by atoms with Crippen molar-refractivity contribution in [3.63, 3.8) is 0 Å². The van der Waals surface area contributed by atoms with E-state index in [4.69, 9.17) is 0 Å². The first-order valence-corrected chi connectivity index (χ1v) is 4.48. The average Bonchev–Trinajstić information content (AvgIpc) is 2.25. The summed E-state index contributed by atoms with van der Waals surface area (Å²) >= 11 is 0. The van der Waals surface area contributed by atoms with Crippen LogP contribution in [-0.4, -0.2) is 38.8 Å². The molecule has 0 aromatic carbocycles. The largest absolute Gasteiger partial charge is 0.466 e. The van der Waals surface area contributed by atoms with Gasteiger partial charge in [0.05, 0.1) is 7.11 Å². The van der Waals surface area contributed by atoms with Crippen LogP contribution in [0.15, 0.2) is 12.7 Å². The van der Waals surface area contributed by atoms with Crippen LogP contribution in [0.1, 0.15) is 13.3 Å². The maximum Gasteiger partial charge on any atom is 0.329 e. The third-order valence-electron chi connectivity index (χ3n) is 1.35. The minimum atomic E-state index is -0.394. The number of rotatable bonds is 5. The fraction of sp³-hybridized carbons (Fsp3) is 0.667. The lowest BCUT2D eigenvalue weighted by molar-refractivity contribution is -0.134. The fourth-order valence-corrected chi connectivity index (χ4v) is 0.642. The van der Waals surface area contributed by atoms with Crippen LogP contribution in [0.3, 0.4) is 0 Å². The predicted molar refractivity (Wildman–Crippen MR) is 57.3 cm³/mol. The molecule has 0 aromatic rings. The second-order valence-corrected chi connectivity index (χ2v) is 2.33. The van der Waals surface area contributed by atoms with Crippen molar-refractivity contribution in [1.29, 1.82) is 0 Å². The smallest absolute Gasteiger partial charge is 0.329 e. The molecule has 84 valence electrons. The lowest BCUT2D eigenvalue weighted by atomic mass is 10.5. The third-order valence-corrected chi connectivity index (χ3v) is 1.35. The molecule has 2 N–H and O–H groups in total. The highest BCUT2D eigenvalue weighted by molar-refractivity contribution is 5.80. The van der Waals surface area contributed by atoms with Gasteiger partial charge in [-0.25, -0.2) is 15.6 Å². The Morgan fingerprint density at radius 1 is 1.50 bits per heavy atom. The van der Waals surface area contributed by atoms with E-state index in [1.807, 2.05) is 19.2 Å². The van der Waals surface area contributed by atoms with E-state index in [0.29, 0.717) is 0 Å². The Morgan fingerprint density at radius 2 is 2.00 bits per heavy atom. The van der Waals surface area contributed by atoms with Crippen LogP contribution in [0, 0.1) is 0 Å². The van der Waals surface area contributed by atoms with Crippen LogP contribution in [0.5, 0.6) is 0 Å². The molecule has 0 unspecified atom stereocenters. The number of carbonyl (C=O) groups is 1. The Balaban J connectivity index is 0. The van der Waals surface area contributed by atoms with Gasteiger partial charge < -0.3 is 4.74 Å². The van der Waals surface area contributed by atoms with Gasteiger partial charge in [0, 0.05) is 26.7 Å². The second-order valence-electron chi connectivity index (χ2n) is 2.33. The van der Waals surface area contributed by atoms with Gasteiger partial charge in [-0.15, -0.1) is 0 Å². The highest BCUT2D eigenvalue weighted by atomic mass is 16.5. The van der Waals surface area contributed by atoms with Crippen molar-refractivity contribution in [2.45, 2.75) is 13.3 Å². The molecule has 0 aliphatic heterocycles. The number of esters is 1. The minimum absolute atomic E-state index is 0.394. The maximum atomic E-state index is 9.84. The predicted octanol–water partition coefficient (Wildman–Crippen LogP) is 0.313. The van der Waals surface area contributed by atoms with Crippen molar-refractivity contribution >= 4 is 5.97 Å². The van der Waals surface area contributed by atoms with E-state index in [1.165, 1.54) is 7.11 Å². The second kappa shape index (κ2) is 12.1. The van der Waals surface area contributed by atoms with Gasteiger partial charge in [0.2, 0.25) is 0 Å². The summed E-state index contributed by atoms with van der Waals surface area (Å²) in [6.07, 6.45) is 2.27. The monoisotopic (exact) mass is 203 g/mol. The van der Waals surface area contributed by atoms with Gasteiger partial charge >= 0.3 is 5.97 Å². The van der Waals surface area contributed by atoms with Gasteiger partial charge in [0.15, 0.2) is 0 Å². The normalized spacial score (nSPS) is 8.93. The van der Waals surface area contributed by atoms with Crippen molar-refractivity contribution in [2.24, 2.45) is 0 Å². The van der Waals surface area contributed by atoms with Crippen LogP contribution in [-0.2, 0) is 9.53 Å². The van der Waals surface area contributed by atoms with E-state index in [0.717, 1.165) is 19.0 Å². The summed E-state index contributed by atoms with van der Waals surface area (Å²) in [4.78, 5) is 9.84. The van der Waals surface area contributed by atoms with Crippen LogP contribution in [0.2, 0.25) is 0 Å². The highest BCUT2D eigenvalue weighted by Gasteiger charge is 1.91. The number of methoxy groups -OCH3 is 1. The summed E-state index contributed by atoms with van der Waals surface area (Å²) < 4.78 is 4.14. The van der Waals surface area contributed by atoms with Crippen LogP contribution in [0.25, 0.3) is 0 Å². The van der Waals surface area contributed by atoms with Crippen molar-refractivity contribution in [1.82, 2.24) is 16.0 Å². The zero-order chi connectivity index (χ0) is 11.4. The molecule has 0 saturated carbocycles. The summed E-state index contributed by atoms with van der Waals surface area (Å²) in [6, 6.07) is 0. The maximum absolute atomic E-state index is 9.84. The zero-order valence-corrected chi connectivity index (χ0v) is 9.46. The molecule has 5 nitrogen and oxygen atoms in total. The quantitative estimate of drug-likeness (QED) is 0.383. The Kier molecular flexibility index (Phi) is 13.4. The number of hydrogen-bond acceptors (Lipinski definition) is 5. The third kappa shape index (κ3) is 11.1. The molecular weight excluding hydrogens is 182 g/mol. The summed E-state index contributed by atoms with van der Waals surface area (Å²) in [6.45, 7) is 6.33. The molecular formula is C9H21N3O2. The topological polar surface area (TPSA) is 53.6 Å². The van der Waals surface area contributed by atoms with Crippen molar-refractivity contribution in [2.75, 3.05) is 27.7 Å². The lowest BCUT2D eigenvalue weighted by Gasteiger charge is -2.17. The first-order chi connectivity index (χ1) is 6.65. The summed E-state index contributed by atoms with van der Waals surface area (Å²) in [5.41, 5.74) is 5.95. The van der Waals surface area contributed by atoms with Crippen LogP contribution in [0.4, 0.5) is 0 Å². The molecule has 0 aliphatic rings. The fourth-order valence-electron chi connectivity index (χ4n) is 0.642. The van der Waals surface area contributed by atoms with Crippen molar-refractivity contribution in [3.05, 3.63) is 12.7 Å². The molecule has 0 rings (SSSR count). The Bertz CT molecular complexity index is 147. The molecule has 0 aliphatic carbocycles.